The Morgan fingerprint density at radius 1 is 1.42 bits per heavy atom. The van der Waals surface area contributed by atoms with Gasteiger partial charge in [-0.3, -0.25) is 10.1 Å². The summed E-state index contributed by atoms with van der Waals surface area (Å²) in [6.45, 7) is 2.96. The Morgan fingerprint density at radius 3 is 2.89 bits per heavy atom. The van der Waals surface area contributed by atoms with Gasteiger partial charge in [-0.15, -0.1) is 0 Å². The topological polar surface area (TPSA) is 78.7 Å². The normalized spacial score (nSPS) is 10.6. The summed E-state index contributed by atoms with van der Waals surface area (Å²) in [5.41, 5.74) is 0.544. The van der Waals surface area contributed by atoms with E-state index in [4.69, 9.17) is 9.47 Å². The lowest BCUT2D eigenvalue weighted by atomic mass is 10.2. The fourth-order valence-electron chi connectivity index (χ4n) is 1.30. The first kappa shape index (κ1) is 14.8. The van der Waals surface area contributed by atoms with Gasteiger partial charge in [-0.1, -0.05) is 12.1 Å². The summed E-state index contributed by atoms with van der Waals surface area (Å²) in [6.07, 6.45) is 2.70. The highest BCUT2D eigenvalue weighted by Crippen LogP contribution is 2.14. The molecule has 6 nitrogen and oxygen atoms in total. The molecule has 0 atom stereocenters. The third-order valence-electron chi connectivity index (χ3n) is 2.17. The van der Waals surface area contributed by atoms with Crippen molar-refractivity contribution in [1.82, 2.24) is 0 Å². The third-order valence-corrected chi connectivity index (χ3v) is 2.17. The van der Waals surface area contributed by atoms with Gasteiger partial charge in [0, 0.05) is 24.8 Å². The van der Waals surface area contributed by atoms with E-state index in [1.807, 2.05) is 6.92 Å². The summed E-state index contributed by atoms with van der Waals surface area (Å²) < 4.78 is 9.87. The fraction of sp³-hybridized carbons (Fsp3) is 0.308. The smallest absolute Gasteiger partial charge is 0.330 e. The molecule has 0 aromatic heterocycles. The standard InChI is InChI=1S/C13H15NO5/c1-2-18-8-9-19-13(15)7-6-11-4-3-5-12(10-11)14(16)17/h3-7,10H,2,8-9H2,1H3. The minimum atomic E-state index is -0.508. The number of carbonyl (C=O) groups is 1. The van der Waals surface area contributed by atoms with Crippen LogP contribution in [0.2, 0.25) is 0 Å². The number of nitrogens with zero attached hydrogens (tertiary/aromatic N) is 1. The summed E-state index contributed by atoms with van der Waals surface area (Å²) in [5, 5.41) is 10.6. The van der Waals surface area contributed by atoms with Crippen LogP contribution in [0, 0.1) is 10.1 Å². The predicted octanol–water partition coefficient (Wildman–Crippen LogP) is 2.19. The van der Waals surface area contributed by atoms with E-state index in [2.05, 4.69) is 0 Å². The van der Waals surface area contributed by atoms with E-state index in [-0.39, 0.29) is 12.3 Å². The second kappa shape index (κ2) is 7.99. The number of benzene rings is 1. The van der Waals surface area contributed by atoms with Crippen LogP contribution in [0.3, 0.4) is 0 Å². The van der Waals surface area contributed by atoms with Crippen molar-refractivity contribution in [2.75, 3.05) is 19.8 Å². The molecule has 19 heavy (non-hydrogen) atoms. The molecule has 0 amide bonds. The Hall–Kier alpha value is -2.21. The molecule has 0 saturated heterocycles. The fourth-order valence-corrected chi connectivity index (χ4v) is 1.30. The highest BCUT2D eigenvalue weighted by molar-refractivity contribution is 5.87. The molecular formula is C13H15NO5. The van der Waals surface area contributed by atoms with Crippen molar-refractivity contribution in [3.05, 3.63) is 46.0 Å². The highest BCUT2D eigenvalue weighted by Gasteiger charge is 2.04. The molecule has 1 aromatic rings. The van der Waals surface area contributed by atoms with Crippen LogP contribution in [-0.4, -0.2) is 30.7 Å². The molecule has 1 aromatic carbocycles. The van der Waals surface area contributed by atoms with E-state index in [0.29, 0.717) is 18.8 Å². The van der Waals surface area contributed by atoms with Crippen LogP contribution in [0.15, 0.2) is 30.3 Å². The number of esters is 1. The van der Waals surface area contributed by atoms with Gasteiger partial charge in [-0.25, -0.2) is 4.79 Å². The van der Waals surface area contributed by atoms with Gasteiger partial charge in [0.05, 0.1) is 11.5 Å². The quantitative estimate of drug-likeness (QED) is 0.248. The summed E-state index contributed by atoms with van der Waals surface area (Å²) in [5.74, 6) is -0.508. The lowest BCUT2D eigenvalue weighted by Gasteiger charge is -2.01. The Labute approximate surface area is 110 Å². The molecule has 0 spiro atoms. The molecular weight excluding hydrogens is 250 g/mol. The maximum absolute atomic E-state index is 11.3. The van der Waals surface area contributed by atoms with Crippen molar-refractivity contribution in [2.24, 2.45) is 0 Å². The summed E-state index contributed by atoms with van der Waals surface area (Å²) >= 11 is 0. The maximum Gasteiger partial charge on any atom is 0.330 e. The van der Waals surface area contributed by atoms with E-state index < -0.39 is 10.9 Å². The molecule has 0 aliphatic heterocycles. The van der Waals surface area contributed by atoms with Crippen molar-refractivity contribution >= 4 is 17.7 Å². The Kier molecular flexibility index (Phi) is 6.25. The Morgan fingerprint density at radius 2 is 2.21 bits per heavy atom. The van der Waals surface area contributed by atoms with Crippen LogP contribution in [0.4, 0.5) is 5.69 Å². The van der Waals surface area contributed by atoms with Gasteiger partial charge in [0.2, 0.25) is 0 Å². The van der Waals surface area contributed by atoms with E-state index in [1.165, 1.54) is 24.3 Å². The number of rotatable bonds is 7. The first-order valence-electron chi connectivity index (χ1n) is 5.80. The summed E-state index contributed by atoms with van der Waals surface area (Å²) in [6, 6.07) is 5.98. The highest BCUT2D eigenvalue weighted by atomic mass is 16.6. The Bertz CT molecular complexity index is 470. The van der Waals surface area contributed by atoms with Crippen molar-refractivity contribution in [1.29, 1.82) is 0 Å². The van der Waals surface area contributed by atoms with Crippen LogP contribution >= 0.6 is 0 Å². The number of hydrogen-bond acceptors (Lipinski definition) is 5. The van der Waals surface area contributed by atoms with Crippen LogP contribution in [0.5, 0.6) is 0 Å². The second-order valence-electron chi connectivity index (χ2n) is 3.55. The van der Waals surface area contributed by atoms with Crippen LogP contribution in [0.25, 0.3) is 6.08 Å². The molecule has 0 aliphatic carbocycles. The van der Waals surface area contributed by atoms with E-state index in [9.17, 15) is 14.9 Å². The molecule has 0 N–H and O–H groups in total. The number of nitro benzene ring substituents is 1. The zero-order valence-corrected chi connectivity index (χ0v) is 10.6. The van der Waals surface area contributed by atoms with Gasteiger partial charge in [-0.05, 0) is 18.6 Å². The molecule has 0 unspecified atom stereocenters. The first-order valence-corrected chi connectivity index (χ1v) is 5.80. The molecule has 0 aliphatic rings. The number of ether oxygens (including phenoxy) is 2. The second-order valence-corrected chi connectivity index (χ2v) is 3.55. The average Bonchev–Trinajstić information content (AvgIpc) is 2.41. The number of carbonyl (C=O) groups excluding carboxylic acids is 1. The molecule has 0 saturated carbocycles. The largest absolute Gasteiger partial charge is 0.460 e. The van der Waals surface area contributed by atoms with Gasteiger partial charge in [-0.2, -0.15) is 0 Å². The van der Waals surface area contributed by atoms with Gasteiger partial charge in [0.15, 0.2) is 0 Å². The van der Waals surface area contributed by atoms with Gasteiger partial charge in [0.1, 0.15) is 6.61 Å². The lowest BCUT2D eigenvalue weighted by molar-refractivity contribution is -0.384. The molecule has 0 radical (unpaired) electrons. The number of non-ortho nitro benzene ring substituents is 1. The molecule has 102 valence electrons. The molecule has 0 bridgehead atoms. The van der Waals surface area contributed by atoms with Gasteiger partial charge < -0.3 is 9.47 Å². The SMILES string of the molecule is CCOCCOC(=O)C=Cc1cccc([N+](=O)[O-])c1. The average molecular weight is 265 g/mol. The van der Waals surface area contributed by atoms with Crippen LogP contribution in [-0.2, 0) is 14.3 Å². The van der Waals surface area contributed by atoms with Crippen LogP contribution < -0.4 is 0 Å². The zero-order valence-electron chi connectivity index (χ0n) is 10.6. The molecule has 6 heteroatoms. The zero-order chi connectivity index (χ0) is 14.1. The van der Waals surface area contributed by atoms with Crippen molar-refractivity contribution in [2.45, 2.75) is 6.92 Å². The van der Waals surface area contributed by atoms with Crippen molar-refractivity contribution in [3.63, 3.8) is 0 Å². The third kappa shape index (κ3) is 5.78. The predicted molar refractivity (Wildman–Crippen MR) is 69.6 cm³/mol. The first-order chi connectivity index (χ1) is 9.13. The van der Waals surface area contributed by atoms with Gasteiger partial charge >= 0.3 is 5.97 Å². The van der Waals surface area contributed by atoms with Crippen molar-refractivity contribution in [3.8, 4) is 0 Å². The minimum Gasteiger partial charge on any atom is -0.460 e. The summed E-state index contributed by atoms with van der Waals surface area (Å²) in [7, 11) is 0. The van der Waals surface area contributed by atoms with Crippen LogP contribution in [0.1, 0.15) is 12.5 Å². The van der Waals surface area contributed by atoms with Gasteiger partial charge in [0.25, 0.3) is 5.69 Å². The van der Waals surface area contributed by atoms with Crippen molar-refractivity contribution < 1.29 is 19.2 Å². The minimum absolute atomic E-state index is 0.0214. The Balaban J connectivity index is 2.49. The monoisotopic (exact) mass is 265 g/mol. The molecule has 1 rings (SSSR count). The number of hydrogen-bond donors (Lipinski definition) is 0. The van der Waals surface area contributed by atoms with E-state index in [1.54, 1.807) is 12.1 Å². The summed E-state index contributed by atoms with van der Waals surface area (Å²) in [4.78, 5) is 21.4. The lowest BCUT2D eigenvalue weighted by Crippen LogP contribution is -2.08. The molecule has 0 heterocycles. The molecule has 0 fully saturated rings. The van der Waals surface area contributed by atoms with E-state index in [0.717, 1.165) is 0 Å². The maximum atomic E-state index is 11.3. The van der Waals surface area contributed by atoms with E-state index >= 15 is 0 Å². The number of nitro groups is 1.